The highest BCUT2D eigenvalue weighted by Gasteiger charge is 2.47. The predicted molar refractivity (Wildman–Crippen MR) is 90.7 cm³/mol. The van der Waals surface area contributed by atoms with Crippen LogP contribution in [0.3, 0.4) is 0 Å². The van der Waals surface area contributed by atoms with Crippen molar-refractivity contribution in [3.63, 3.8) is 0 Å². The molecule has 2 aliphatic carbocycles. The maximum atomic E-state index is 12.5. The lowest BCUT2D eigenvalue weighted by molar-refractivity contribution is -0.123. The summed E-state index contributed by atoms with van der Waals surface area (Å²) < 4.78 is 23.1. The number of carbonyl (C=O) groups excluding carboxylic acids is 1. The highest BCUT2D eigenvalue weighted by molar-refractivity contribution is 7.90. The van der Waals surface area contributed by atoms with Gasteiger partial charge >= 0.3 is 0 Å². The number of carbonyl (C=O) groups is 1. The van der Waals surface area contributed by atoms with Crippen LogP contribution in [0.5, 0.6) is 0 Å². The van der Waals surface area contributed by atoms with Crippen LogP contribution in [0.25, 0.3) is 0 Å². The number of nitrogens with one attached hydrogen (secondary N) is 1. The number of sulfone groups is 1. The van der Waals surface area contributed by atoms with Gasteiger partial charge in [0.1, 0.15) is 9.84 Å². The highest BCUT2D eigenvalue weighted by Crippen LogP contribution is 2.50. The lowest BCUT2D eigenvalue weighted by Gasteiger charge is -2.35. The molecule has 0 unspecified atom stereocenters. The molecule has 0 aliphatic heterocycles. The summed E-state index contributed by atoms with van der Waals surface area (Å²) >= 11 is 0. The molecular weight excluding hydrogens is 310 g/mol. The first-order valence-corrected chi connectivity index (χ1v) is 10.5. The molecule has 0 aromatic heterocycles. The molecule has 0 saturated heterocycles. The third kappa shape index (κ3) is 4.34. The Balaban J connectivity index is 1.65. The van der Waals surface area contributed by atoms with Gasteiger partial charge in [-0.1, -0.05) is 36.8 Å². The molecule has 0 spiro atoms. The van der Waals surface area contributed by atoms with Crippen molar-refractivity contribution in [2.75, 3.05) is 12.0 Å². The average molecular weight is 335 g/mol. The molecule has 1 amide bonds. The second kappa shape index (κ2) is 6.27. The lowest BCUT2D eigenvalue weighted by Crippen LogP contribution is -2.37. The van der Waals surface area contributed by atoms with Crippen LogP contribution in [-0.2, 0) is 14.6 Å². The smallest absolute Gasteiger partial charge is 0.221 e. The molecule has 1 aromatic rings. The molecule has 4 nitrogen and oxygen atoms in total. The zero-order chi connectivity index (χ0) is 16.5. The fourth-order valence-electron chi connectivity index (χ4n) is 3.58. The van der Waals surface area contributed by atoms with Crippen molar-refractivity contribution >= 4 is 15.7 Å². The molecule has 2 saturated carbocycles. The molecule has 23 heavy (non-hydrogen) atoms. The van der Waals surface area contributed by atoms with Crippen LogP contribution in [0, 0.1) is 11.3 Å². The van der Waals surface area contributed by atoms with Crippen molar-refractivity contribution in [1.82, 2.24) is 5.32 Å². The van der Waals surface area contributed by atoms with Crippen LogP contribution >= 0.6 is 0 Å². The molecule has 1 atom stereocenters. The van der Waals surface area contributed by atoms with Crippen LogP contribution < -0.4 is 5.32 Å². The van der Waals surface area contributed by atoms with E-state index in [0.717, 1.165) is 31.2 Å². The summed E-state index contributed by atoms with van der Waals surface area (Å²) in [5.41, 5.74) is 0.844. The van der Waals surface area contributed by atoms with Crippen LogP contribution in [0.4, 0.5) is 0 Å². The Morgan fingerprint density at radius 3 is 2.39 bits per heavy atom. The van der Waals surface area contributed by atoms with Gasteiger partial charge in [-0.3, -0.25) is 4.79 Å². The molecule has 3 rings (SSSR count). The molecule has 0 bridgehead atoms. The van der Waals surface area contributed by atoms with E-state index in [1.165, 1.54) is 12.7 Å². The van der Waals surface area contributed by atoms with Gasteiger partial charge < -0.3 is 5.32 Å². The minimum atomic E-state index is -3.04. The van der Waals surface area contributed by atoms with E-state index in [-0.39, 0.29) is 23.1 Å². The molecule has 0 radical (unpaired) electrons. The van der Waals surface area contributed by atoms with Crippen molar-refractivity contribution in [2.24, 2.45) is 11.3 Å². The molecule has 2 aliphatic rings. The molecular formula is C18H25NO3S. The van der Waals surface area contributed by atoms with E-state index in [4.69, 9.17) is 0 Å². The van der Waals surface area contributed by atoms with Crippen molar-refractivity contribution in [1.29, 1.82) is 0 Å². The van der Waals surface area contributed by atoms with Crippen molar-refractivity contribution < 1.29 is 13.2 Å². The van der Waals surface area contributed by atoms with Gasteiger partial charge in [-0.2, -0.15) is 0 Å². The zero-order valence-electron chi connectivity index (χ0n) is 13.6. The molecule has 2 fully saturated rings. The number of amides is 1. The van der Waals surface area contributed by atoms with E-state index in [9.17, 15) is 13.2 Å². The third-order valence-corrected chi connectivity index (χ3v) is 6.29. The fourth-order valence-corrected chi connectivity index (χ4v) is 5.08. The first kappa shape index (κ1) is 16.5. The van der Waals surface area contributed by atoms with E-state index in [1.54, 1.807) is 0 Å². The Kier molecular flexibility index (Phi) is 4.50. The maximum Gasteiger partial charge on any atom is 0.221 e. The minimum absolute atomic E-state index is 0.00750. The van der Waals surface area contributed by atoms with Gasteiger partial charge in [-0.15, -0.1) is 0 Å². The summed E-state index contributed by atoms with van der Waals surface area (Å²) in [6.45, 7) is 0. The zero-order valence-corrected chi connectivity index (χ0v) is 14.4. The Morgan fingerprint density at radius 2 is 1.91 bits per heavy atom. The maximum absolute atomic E-state index is 12.5. The number of hydrogen-bond donors (Lipinski definition) is 1. The van der Waals surface area contributed by atoms with Gasteiger partial charge in [0.2, 0.25) is 5.91 Å². The second-order valence-electron chi connectivity index (χ2n) is 7.39. The van der Waals surface area contributed by atoms with Gasteiger partial charge in [0, 0.05) is 12.7 Å². The van der Waals surface area contributed by atoms with E-state index in [1.807, 2.05) is 18.2 Å². The first-order chi connectivity index (χ1) is 10.9. The molecule has 126 valence electrons. The largest absolute Gasteiger partial charge is 0.349 e. The van der Waals surface area contributed by atoms with Crippen molar-refractivity contribution in [2.45, 2.75) is 44.6 Å². The minimum Gasteiger partial charge on any atom is -0.349 e. The average Bonchev–Trinajstić information content (AvgIpc) is 3.13. The normalized spacial score (nSPS) is 21.3. The molecule has 5 heteroatoms. The van der Waals surface area contributed by atoms with Crippen LogP contribution in [0.2, 0.25) is 0 Å². The fraction of sp³-hybridized carbons (Fsp3) is 0.611. The van der Waals surface area contributed by atoms with Gasteiger partial charge in [0.25, 0.3) is 0 Å². The Morgan fingerprint density at radius 1 is 1.26 bits per heavy atom. The summed E-state index contributed by atoms with van der Waals surface area (Å²) in [4.78, 5) is 12.5. The number of rotatable bonds is 7. The third-order valence-electron chi connectivity index (χ3n) is 5.16. The van der Waals surface area contributed by atoms with Crippen molar-refractivity contribution in [3.8, 4) is 0 Å². The Bertz CT molecular complexity index is 661. The van der Waals surface area contributed by atoms with E-state index in [2.05, 4.69) is 17.4 Å². The second-order valence-corrected chi connectivity index (χ2v) is 9.53. The molecule has 1 aromatic carbocycles. The molecule has 1 N–H and O–H groups in total. The van der Waals surface area contributed by atoms with Gasteiger partial charge in [0.15, 0.2) is 0 Å². The number of hydrogen-bond acceptors (Lipinski definition) is 3. The highest BCUT2D eigenvalue weighted by atomic mass is 32.2. The van der Waals surface area contributed by atoms with Crippen LogP contribution in [-0.4, -0.2) is 26.3 Å². The summed E-state index contributed by atoms with van der Waals surface area (Å²) in [5, 5.41) is 3.18. The Labute approximate surface area is 138 Å². The summed E-state index contributed by atoms with van der Waals surface area (Å²) in [6, 6.07) is 10.2. The summed E-state index contributed by atoms with van der Waals surface area (Å²) in [7, 11) is -3.04. The van der Waals surface area contributed by atoms with Crippen LogP contribution in [0.15, 0.2) is 30.3 Å². The topological polar surface area (TPSA) is 63.2 Å². The van der Waals surface area contributed by atoms with E-state index >= 15 is 0 Å². The standard InChI is InChI=1S/C18H25NO3S/c1-23(21,22)13-18(10-11-18)12-16(20)19-17(15-8-5-9-15)14-6-3-2-4-7-14/h2-4,6-7,15,17H,5,8-13H2,1H3,(H,19,20)/t17-/m0/s1. The van der Waals surface area contributed by atoms with Gasteiger partial charge in [0.05, 0.1) is 11.8 Å². The number of benzene rings is 1. The van der Waals surface area contributed by atoms with E-state index < -0.39 is 9.84 Å². The van der Waals surface area contributed by atoms with Crippen LogP contribution in [0.1, 0.15) is 50.1 Å². The van der Waals surface area contributed by atoms with Gasteiger partial charge in [-0.05, 0) is 42.6 Å². The SMILES string of the molecule is CS(=O)(=O)CC1(CC(=O)N[C@@H](c2ccccc2)C2CCC2)CC1. The summed E-state index contributed by atoms with van der Waals surface area (Å²) in [5.74, 6) is 0.630. The van der Waals surface area contributed by atoms with Gasteiger partial charge in [-0.25, -0.2) is 8.42 Å². The van der Waals surface area contributed by atoms with E-state index in [0.29, 0.717) is 12.3 Å². The lowest BCUT2D eigenvalue weighted by atomic mass is 9.77. The molecule has 0 heterocycles. The summed E-state index contributed by atoms with van der Waals surface area (Å²) in [6.07, 6.45) is 6.78. The first-order valence-electron chi connectivity index (χ1n) is 8.39. The Hall–Kier alpha value is -1.36. The van der Waals surface area contributed by atoms with Crippen molar-refractivity contribution in [3.05, 3.63) is 35.9 Å². The monoisotopic (exact) mass is 335 g/mol. The predicted octanol–water partition coefficient (Wildman–Crippen LogP) is 2.86. The quantitative estimate of drug-likeness (QED) is 0.833.